The number of allylic oxidation sites excluding steroid dienone is 1. The van der Waals surface area contributed by atoms with Crippen LogP contribution in [0.1, 0.15) is 31.9 Å². The summed E-state index contributed by atoms with van der Waals surface area (Å²) in [5.74, 6) is 0.621. The molecule has 34 heavy (non-hydrogen) atoms. The molecule has 0 aliphatic rings. The number of anilines is 1. The van der Waals surface area contributed by atoms with Gasteiger partial charge < -0.3 is 24.7 Å². The van der Waals surface area contributed by atoms with Crippen molar-refractivity contribution < 1.29 is 28.5 Å². The Bertz CT molecular complexity index is 1110. The Kier molecular flexibility index (Phi) is 8.64. The van der Waals surface area contributed by atoms with Gasteiger partial charge in [-0.15, -0.1) is 0 Å². The van der Waals surface area contributed by atoms with E-state index >= 15 is 0 Å². The molecular formula is C25H29N3O6. The second-order valence-corrected chi connectivity index (χ2v) is 8.09. The van der Waals surface area contributed by atoms with Gasteiger partial charge in [-0.05, 0) is 61.7 Å². The molecule has 0 bridgehead atoms. The molecule has 9 heteroatoms. The molecule has 9 nitrogen and oxygen atoms in total. The molecule has 0 fully saturated rings. The molecule has 2 aromatic carbocycles. The van der Waals surface area contributed by atoms with Crippen LogP contribution >= 0.6 is 0 Å². The molecule has 2 N–H and O–H groups in total. The summed E-state index contributed by atoms with van der Waals surface area (Å²) in [4.78, 5) is 26.5. The average Bonchev–Trinajstić information content (AvgIpc) is 2.80. The first-order valence-electron chi connectivity index (χ1n) is 10.4. The van der Waals surface area contributed by atoms with Gasteiger partial charge in [-0.25, -0.2) is 9.69 Å². The normalized spacial score (nSPS) is 11.3. The quantitative estimate of drug-likeness (QED) is 0.608. The first kappa shape index (κ1) is 26.2. The van der Waals surface area contributed by atoms with Gasteiger partial charge in [0.1, 0.15) is 22.8 Å². The highest BCUT2D eigenvalue weighted by Crippen LogP contribution is 2.36. The molecule has 0 saturated heterocycles. The van der Waals surface area contributed by atoms with E-state index in [-0.39, 0.29) is 11.4 Å². The lowest BCUT2D eigenvalue weighted by Gasteiger charge is -2.27. The highest BCUT2D eigenvalue weighted by Gasteiger charge is 2.30. The van der Waals surface area contributed by atoms with E-state index in [2.05, 4.69) is 0 Å². The number of carbonyl (C=O) groups is 2. The van der Waals surface area contributed by atoms with Gasteiger partial charge in [-0.1, -0.05) is 6.07 Å². The predicted molar refractivity (Wildman–Crippen MR) is 128 cm³/mol. The van der Waals surface area contributed by atoms with E-state index in [4.69, 9.17) is 24.7 Å². The van der Waals surface area contributed by atoms with Crippen LogP contribution in [0.15, 0.2) is 42.5 Å². The third-order valence-electron chi connectivity index (χ3n) is 4.60. The number of nitriles is 1. The van der Waals surface area contributed by atoms with Gasteiger partial charge in [0.25, 0.3) is 0 Å². The summed E-state index contributed by atoms with van der Waals surface area (Å²) in [6.07, 6.45) is 0.454. The third-order valence-corrected chi connectivity index (χ3v) is 4.60. The van der Waals surface area contributed by atoms with Crippen LogP contribution in [-0.4, -0.2) is 45.5 Å². The van der Waals surface area contributed by atoms with Crippen molar-refractivity contribution in [3.05, 3.63) is 53.6 Å². The highest BCUT2D eigenvalue weighted by molar-refractivity contribution is 6.14. The van der Waals surface area contributed by atoms with E-state index < -0.39 is 24.1 Å². The number of nitrogens with zero attached hydrogens (tertiary/aromatic N) is 2. The minimum atomic E-state index is -0.896. The molecule has 0 atom stereocenters. The molecule has 2 rings (SSSR count). The van der Waals surface area contributed by atoms with Crippen molar-refractivity contribution in [1.29, 1.82) is 5.26 Å². The Labute approximate surface area is 199 Å². The zero-order valence-electron chi connectivity index (χ0n) is 20.2. The molecule has 0 aliphatic carbocycles. The summed E-state index contributed by atoms with van der Waals surface area (Å²) in [6.45, 7) is 4.63. The fourth-order valence-corrected chi connectivity index (χ4v) is 3.13. The van der Waals surface area contributed by atoms with Crippen molar-refractivity contribution in [2.45, 2.75) is 26.4 Å². The molecule has 0 aromatic heterocycles. The van der Waals surface area contributed by atoms with E-state index in [9.17, 15) is 14.9 Å². The Balaban J connectivity index is 2.72. The predicted octanol–water partition coefficient (Wildman–Crippen LogP) is 3.89. The second kappa shape index (κ2) is 11.2. The molecule has 0 aliphatic heterocycles. The molecular weight excluding hydrogens is 438 g/mol. The van der Waals surface area contributed by atoms with Crippen LogP contribution in [0.25, 0.3) is 5.57 Å². The number of hydrogen-bond acceptors (Lipinski definition) is 8. The zero-order valence-corrected chi connectivity index (χ0v) is 20.2. The maximum atomic E-state index is 12.9. The van der Waals surface area contributed by atoms with Crippen LogP contribution in [0.4, 0.5) is 10.5 Å². The summed E-state index contributed by atoms with van der Waals surface area (Å²) in [7, 11) is 4.46. The number of benzene rings is 2. The number of rotatable bonds is 7. The number of imide groups is 1. The molecule has 0 unspecified atom stereocenters. The molecule has 0 heterocycles. The summed E-state index contributed by atoms with van der Waals surface area (Å²) in [5, 5.41) is 9.46. The monoisotopic (exact) mass is 467 g/mol. The second-order valence-electron chi connectivity index (χ2n) is 8.09. The SMILES string of the molecule is COc1cc(OC)cc(/C(=C\C#N)c2ccc(OC)c(N(C(=O)CN)C(=O)OC(C)(C)C)c2)c1. The maximum absolute atomic E-state index is 12.9. The van der Waals surface area contributed by atoms with Gasteiger partial charge in [0.2, 0.25) is 5.91 Å². The minimum Gasteiger partial charge on any atom is -0.497 e. The number of hydrogen-bond donors (Lipinski definition) is 1. The lowest BCUT2D eigenvalue weighted by molar-refractivity contribution is -0.117. The third kappa shape index (κ3) is 6.27. The maximum Gasteiger partial charge on any atom is 0.421 e. The topological polar surface area (TPSA) is 124 Å². The lowest BCUT2D eigenvalue weighted by Crippen LogP contribution is -2.44. The van der Waals surface area contributed by atoms with Gasteiger partial charge in [-0.3, -0.25) is 4.79 Å². The van der Waals surface area contributed by atoms with E-state index in [1.165, 1.54) is 27.4 Å². The molecule has 0 saturated carbocycles. The summed E-state index contributed by atoms with van der Waals surface area (Å²) in [5.41, 5.74) is 6.53. The minimum absolute atomic E-state index is 0.128. The Morgan fingerprint density at radius 1 is 1.00 bits per heavy atom. The van der Waals surface area contributed by atoms with Crippen molar-refractivity contribution in [2.75, 3.05) is 32.8 Å². The van der Waals surface area contributed by atoms with Gasteiger partial charge in [0.05, 0.1) is 39.6 Å². The number of nitrogens with two attached hydrogens (primary N) is 1. The molecule has 0 radical (unpaired) electrons. The van der Waals surface area contributed by atoms with E-state index in [1.54, 1.807) is 57.2 Å². The molecule has 0 spiro atoms. The Morgan fingerprint density at radius 3 is 2.09 bits per heavy atom. The largest absolute Gasteiger partial charge is 0.497 e. The Hall–Kier alpha value is -4.03. The van der Waals surface area contributed by atoms with Gasteiger partial charge in [-0.2, -0.15) is 5.26 Å². The van der Waals surface area contributed by atoms with E-state index in [0.29, 0.717) is 28.2 Å². The molecule has 2 amide bonds. The molecule has 2 aromatic rings. The van der Waals surface area contributed by atoms with E-state index in [1.807, 2.05) is 6.07 Å². The van der Waals surface area contributed by atoms with Gasteiger partial charge >= 0.3 is 6.09 Å². The standard InChI is InChI=1S/C25H29N3O6/c1-25(2,3)34-24(30)28(23(29)15-27)21-13-16(7-8-22(21)33-6)20(9-10-26)17-11-18(31-4)14-19(12-17)32-5/h7-9,11-14H,15,27H2,1-6H3/b20-9-. The van der Waals surface area contributed by atoms with Crippen LogP contribution < -0.4 is 24.8 Å². The van der Waals surface area contributed by atoms with Gasteiger partial charge in [0, 0.05) is 12.1 Å². The molecule has 180 valence electrons. The number of carbonyl (C=O) groups excluding carboxylic acids is 2. The fraction of sp³-hybridized carbons (Fsp3) is 0.320. The van der Waals surface area contributed by atoms with Gasteiger partial charge in [0.15, 0.2) is 0 Å². The van der Waals surface area contributed by atoms with Crippen molar-refractivity contribution in [2.24, 2.45) is 5.73 Å². The average molecular weight is 468 g/mol. The van der Waals surface area contributed by atoms with Crippen LogP contribution in [0, 0.1) is 11.3 Å². The summed E-state index contributed by atoms with van der Waals surface area (Å²) in [6, 6.07) is 12.1. The highest BCUT2D eigenvalue weighted by atomic mass is 16.6. The number of amides is 2. The Morgan fingerprint density at radius 2 is 1.62 bits per heavy atom. The number of ether oxygens (including phenoxy) is 4. The summed E-state index contributed by atoms with van der Waals surface area (Å²) >= 11 is 0. The lowest BCUT2D eigenvalue weighted by atomic mass is 9.96. The summed E-state index contributed by atoms with van der Waals surface area (Å²) < 4.78 is 21.5. The van der Waals surface area contributed by atoms with E-state index in [0.717, 1.165) is 4.90 Å². The van der Waals surface area contributed by atoms with Crippen molar-refractivity contribution in [3.63, 3.8) is 0 Å². The number of methoxy groups -OCH3 is 3. The first-order valence-corrected chi connectivity index (χ1v) is 10.4. The van der Waals surface area contributed by atoms with Crippen molar-refractivity contribution >= 4 is 23.3 Å². The van der Waals surface area contributed by atoms with Crippen LogP contribution in [0.3, 0.4) is 0 Å². The fourth-order valence-electron chi connectivity index (χ4n) is 3.13. The smallest absolute Gasteiger partial charge is 0.421 e. The van der Waals surface area contributed by atoms with Crippen molar-refractivity contribution in [1.82, 2.24) is 0 Å². The van der Waals surface area contributed by atoms with Crippen molar-refractivity contribution in [3.8, 4) is 23.3 Å². The van der Waals surface area contributed by atoms with Crippen LogP contribution in [0.5, 0.6) is 17.2 Å². The van der Waals surface area contributed by atoms with Crippen LogP contribution in [-0.2, 0) is 9.53 Å². The first-order chi connectivity index (χ1) is 16.1. The zero-order chi connectivity index (χ0) is 25.5. The van der Waals surface area contributed by atoms with Crippen LogP contribution in [0.2, 0.25) is 0 Å².